The molecule has 2 aliphatic heterocycles. The predicted octanol–water partition coefficient (Wildman–Crippen LogP) is 1.64. The minimum atomic E-state index is -1.42. The molecule has 6 heteroatoms. The van der Waals surface area contributed by atoms with Gasteiger partial charge in [-0.15, -0.1) is 0 Å². The Morgan fingerprint density at radius 2 is 2.09 bits per heavy atom. The van der Waals surface area contributed by atoms with E-state index in [1.165, 1.54) is 4.90 Å². The van der Waals surface area contributed by atoms with Gasteiger partial charge in [0.1, 0.15) is 13.2 Å². The number of ketones is 1. The number of amides is 1. The summed E-state index contributed by atoms with van der Waals surface area (Å²) in [6, 6.07) is 9.02. The van der Waals surface area contributed by atoms with E-state index in [1.807, 2.05) is 30.3 Å². The van der Waals surface area contributed by atoms with Crippen LogP contribution in [0.25, 0.3) is 0 Å². The first-order valence-electron chi connectivity index (χ1n) is 7.48. The molecule has 6 nitrogen and oxygen atoms in total. The van der Waals surface area contributed by atoms with Crippen LogP contribution in [0.15, 0.2) is 30.3 Å². The van der Waals surface area contributed by atoms with Crippen LogP contribution < -0.4 is 0 Å². The summed E-state index contributed by atoms with van der Waals surface area (Å²) in [6.07, 6.45) is 1.40. The van der Waals surface area contributed by atoms with E-state index in [2.05, 4.69) is 0 Å². The van der Waals surface area contributed by atoms with Gasteiger partial charge < -0.3 is 14.6 Å². The number of carbonyl (C=O) groups is 2. The van der Waals surface area contributed by atoms with Gasteiger partial charge in [0.05, 0.1) is 6.04 Å². The number of benzene rings is 1. The van der Waals surface area contributed by atoms with Gasteiger partial charge in [-0.05, 0) is 18.4 Å². The first-order valence-corrected chi connectivity index (χ1v) is 7.48. The van der Waals surface area contributed by atoms with Crippen LogP contribution in [0.5, 0.6) is 0 Å². The average Bonchev–Trinajstić information content (AvgIpc) is 2.97. The quantitative estimate of drug-likeness (QED) is 0.915. The van der Waals surface area contributed by atoms with E-state index in [0.29, 0.717) is 13.0 Å². The molecule has 2 heterocycles. The normalized spacial score (nSPS) is 28.5. The molecule has 118 valence electrons. The van der Waals surface area contributed by atoms with Crippen molar-refractivity contribution >= 4 is 11.9 Å². The Bertz CT molecular complexity index is 553. The average molecular weight is 305 g/mol. The Labute approximate surface area is 128 Å². The highest BCUT2D eigenvalue weighted by Gasteiger charge is 2.54. The van der Waals surface area contributed by atoms with Crippen molar-refractivity contribution in [2.24, 2.45) is 0 Å². The molecule has 0 unspecified atom stereocenters. The van der Waals surface area contributed by atoms with Crippen molar-refractivity contribution in [2.75, 3.05) is 19.8 Å². The number of nitrogens with zero attached hydrogens (tertiary/aromatic N) is 1. The standard InChI is InChI=1S/C16H19NO5/c18-10-14(19)16(8-4-5-9-22-16)17-13(11-21-15(17)20)12-6-2-1-3-7-12/h1-3,6-7,13,18H,4-5,8-11H2/t13-,16-/m0/s1. The molecule has 1 N–H and O–H groups in total. The van der Waals surface area contributed by atoms with E-state index >= 15 is 0 Å². The number of Topliss-reactive ketones (excluding diaryl/α,β-unsaturated/α-hetero) is 1. The molecule has 22 heavy (non-hydrogen) atoms. The Hall–Kier alpha value is -1.92. The monoisotopic (exact) mass is 305 g/mol. The number of hydrogen-bond donors (Lipinski definition) is 1. The first-order chi connectivity index (χ1) is 10.7. The summed E-state index contributed by atoms with van der Waals surface area (Å²) >= 11 is 0. The number of rotatable bonds is 4. The van der Waals surface area contributed by atoms with Crippen LogP contribution in [-0.2, 0) is 14.3 Å². The number of hydrogen-bond acceptors (Lipinski definition) is 5. The summed E-state index contributed by atoms with van der Waals surface area (Å²) < 4.78 is 10.9. The van der Waals surface area contributed by atoms with Crippen molar-refractivity contribution in [3.63, 3.8) is 0 Å². The summed E-state index contributed by atoms with van der Waals surface area (Å²) in [4.78, 5) is 26.0. The van der Waals surface area contributed by atoms with Gasteiger partial charge in [0.25, 0.3) is 0 Å². The van der Waals surface area contributed by atoms with Crippen molar-refractivity contribution in [1.29, 1.82) is 0 Å². The van der Waals surface area contributed by atoms with Gasteiger partial charge in [-0.2, -0.15) is 0 Å². The molecule has 0 bridgehead atoms. The minimum absolute atomic E-state index is 0.173. The van der Waals surface area contributed by atoms with Crippen LogP contribution >= 0.6 is 0 Å². The lowest BCUT2D eigenvalue weighted by atomic mass is 9.93. The van der Waals surface area contributed by atoms with Gasteiger partial charge in [0, 0.05) is 13.0 Å². The maximum absolute atomic E-state index is 12.4. The molecule has 0 spiro atoms. The summed E-state index contributed by atoms with van der Waals surface area (Å²) in [6.45, 7) is -0.102. The predicted molar refractivity (Wildman–Crippen MR) is 77.0 cm³/mol. The van der Waals surface area contributed by atoms with E-state index in [9.17, 15) is 14.7 Å². The number of carbonyl (C=O) groups excluding carboxylic acids is 2. The fourth-order valence-corrected chi connectivity index (χ4v) is 3.19. The molecule has 2 atom stereocenters. The Balaban J connectivity index is 2.00. The van der Waals surface area contributed by atoms with Gasteiger partial charge in [0.15, 0.2) is 0 Å². The second kappa shape index (κ2) is 6.06. The number of ether oxygens (including phenoxy) is 2. The fraction of sp³-hybridized carbons (Fsp3) is 0.500. The second-order valence-electron chi connectivity index (χ2n) is 5.54. The van der Waals surface area contributed by atoms with Crippen LogP contribution in [0.3, 0.4) is 0 Å². The van der Waals surface area contributed by atoms with Gasteiger partial charge in [0.2, 0.25) is 11.5 Å². The fourth-order valence-electron chi connectivity index (χ4n) is 3.19. The molecule has 1 aromatic carbocycles. The van der Waals surface area contributed by atoms with Crippen molar-refractivity contribution in [2.45, 2.75) is 31.0 Å². The Morgan fingerprint density at radius 1 is 1.32 bits per heavy atom. The summed E-state index contributed by atoms with van der Waals surface area (Å²) in [5.74, 6) is -0.494. The molecule has 2 fully saturated rings. The zero-order chi connectivity index (χ0) is 15.6. The van der Waals surface area contributed by atoms with Gasteiger partial charge in [-0.1, -0.05) is 30.3 Å². The van der Waals surface area contributed by atoms with Gasteiger partial charge >= 0.3 is 6.09 Å². The van der Waals surface area contributed by atoms with Crippen molar-refractivity contribution in [1.82, 2.24) is 4.90 Å². The highest BCUT2D eigenvalue weighted by atomic mass is 16.6. The van der Waals surface area contributed by atoms with Crippen LogP contribution in [-0.4, -0.2) is 47.4 Å². The zero-order valence-electron chi connectivity index (χ0n) is 12.2. The largest absolute Gasteiger partial charge is 0.447 e. The number of cyclic esters (lactones) is 1. The molecule has 0 aromatic heterocycles. The first kappa shape index (κ1) is 15.0. The molecule has 2 aliphatic rings. The van der Waals surface area contributed by atoms with E-state index in [0.717, 1.165) is 18.4 Å². The third kappa shape index (κ3) is 2.38. The summed E-state index contributed by atoms with van der Waals surface area (Å²) in [5, 5.41) is 9.35. The summed E-state index contributed by atoms with van der Waals surface area (Å²) in [5.41, 5.74) is -0.534. The van der Waals surface area contributed by atoms with Gasteiger partial charge in [-0.3, -0.25) is 9.69 Å². The summed E-state index contributed by atoms with van der Waals surface area (Å²) in [7, 11) is 0. The molecule has 2 saturated heterocycles. The molecular weight excluding hydrogens is 286 g/mol. The van der Waals surface area contributed by atoms with Crippen LogP contribution in [0.4, 0.5) is 4.79 Å². The number of aliphatic hydroxyl groups is 1. The van der Waals surface area contributed by atoms with Crippen molar-refractivity contribution in [3.8, 4) is 0 Å². The van der Waals surface area contributed by atoms with E-state index in [4.69, 9.17) is 9.47 Å². The lowest BCUT2D eigenvalue weighted by Crippen LogP contribution is -2.60. The van der Waals surface area contributed by atoms with E-state index < -0.39 is 24.2 Å². The molecule has 3 rings (SSSR count). The third-order valence-corrected chi connectivity index (χ3v) is 4.28. The van der Waals surface area contributed by atoms with E-state index in [1.54, 1.807) is 0 Å². The van der Waals surface area contributed by atoms with Crippen molar-refractivity contribution < 1.29 is 24.2 Å². The lowest BCUT2D eigenvalue weighted by molar-refractivity contribution is -0.186. The molecule has 1 amide bonds. The Kier molecular flexibility index (Phi) is 4.13. The van der Waals surface area contributed by atoms with Gasteiger partial charge in [-0.25, -0.2) is 4.79 Å². The topological polar surface area (TPSA) is 76.1 Å². The van der Waals surface area contributed by atoms with Crippen molar-refractivity contribution in [3.05, 3.63) is 35.9 Å². The van der Waals surface area contributed by atoms with Crippen LogP contribution in [0, 0.1) is 0 Å². The molecule has 0 aliphatic carbocycles. The Morgan fingerprint density at radius 3 is 2.73 bits per heavy atom. The number of aliphatic hydroxyl groups excluding tert-OH is 1. The highest BCUT2D eigenvalue weighted by molar-refractivity contribution is 5.91. The highest BCUT2D eigenvalue weighted by Crippen LogP contribution is 2.40. The molecule has 0 saturated carbocycles. The third-order valence-electron chi connectivity index (χ3n) is 4.28. The van der Waals surface area contributed by atoms with Crippen LogP contribution in [0.1, 0.15) is 30.9 Å². The minimum Gasteiger partial charge on any atom is -0.447 e. The maximum atomic E-state index is 12.4. The SMILES string of the molecule is O=C1OC[C@@H](c2ccccc2)N1[C@@]1(C(=O)CO)CCCCO1. The zero-order valence-corrected chi connectivity index (χ0v) is 12.2. The van der Waals surface area contributed by atoms with E-state index in [-0.39, 0.29) is 12.6 Å². The smallest absolute Gasteiger partial charge is 0.413 e. The lowest BCUT2D eigenvalue weighted by Gasteiger charge is -2.43. The molecule has 0 radical (unpaired) electrons. The maximum Gasteiger partial charge on any atom is 0.413 e. The molecular formula is C16H19NO5. The van der Waals surface area contributed by atoms with Crippen LogP contribution in [0.2, 0.25) is 0 Å². The second-order valence-corrected chi connectivity index (χ2v) is 5.54. The molecule has 1 aromatic rings.